The van der Waals surface area contributed by atoms with E-state index >= 15 is 0 Å². The van der Waals surface area contributed by atoms with Crippen molar-refractivity contribution in [3.8, 4) is 45.3 Å². The first kappa shape index (κ1) is 32.0. The molecule has 266 valence electrons. The van der Waals surface area contributed by atoms with Crippen LogP contribution >= 0.6 is 11.3 Å². The molecule has 0 radical (unpaired) electrons. The average molecular weight is 745 g/mol. The minimum absolute atomic E-state index is 0.697. The molecule has 4 heterocycles. The van der Waals surface area contributed by atoms with Crippen LogP contribution in [0.25, 0.3) is 109 Å². The molecule has 8 aromatic carbocycles. The zero-order valence-corrected chi connectivity index (χ0v) is 31.5. The van der Waals surface area contributed by atoms with E-state index in [0.29, 0.717) is 5.82 Å². The number of benzene rings is 8. The Bertz CT molecular complexity index is 3450. The lowest BCUT2D eigenvalue weighted by Crippen LogP contribution is -1.99. The van der Waals surface area contributed by atoms with Gasteiger partial charge in [0.1, 0.15) is 0 Å². The lowest BCUT2D eigenvalue weighted by Gasteiger charge is -2.14. The molecule has 0 spiro atoms. The van der Waals surface area contributed by atoms with E-state index in [1.54, 1.807) is 0 Å². The summed E-state index contributed by atoms with van der Waals surface area (Å²) in [7, 11) is 0. The fourth-order valence-corrected chi connectivity index (χ4v) is 9.98. The molecular weight excluding hydrogens is 713 g/mol. The molecule has 0 aliphatic carbocycles. The number of para-hydroxylation sites is 2. The molecular formula is C52H32N4S. The van der Waals surface area contributed by atoms with E-state index in [9.17, 15) is 0 Å². The van der Waals surface area contributed by atoms with Gasteiger partial charge >= 0.3 is 0 Å². The first-order valence-corrected chi connectivity index (χ1v) is 20.1. The molecule has 0 saturated heterocycles. The van der Waals surface area contributed by atoms with Crippen molar-refractivity contribution in [2.75, 3.05) is 0 Å². The molecule has 12 rings (SSSR count). The second-order valence-corrected chi connectivity index (χ2v) is 15.6. The van der Waals surface area contributed by atoms with Crippen LogP contribution in [0.15, 0.2) is 194 Å². The standard InChI is InChI=1S/C52H32N4S/c1-3-14-33(15-4-1)43-32-44(34-16-5-2-6-17-34)54-52(53-43)35-26-28-36(29-27-35)55-45-22-10-7-18-37(45)40-30-31-41-38-19-8-11-23-46(38)56(50(41)49(40)55)47-24-13-21-42-39-20-9-12-25-48(39)57-51(42)47/h1-32H. The second-order valence-electron chi connectivity index (χ2n) is 14.6. The van der Waals surface area contributed by atoms with Gasteiger partial charge in [-0.05, 0) is 54.6 Å². The Balaban J connectivity index is 1.11. The van der Waals surface area contributed by atoms with Crippen molar-refractivity contribution in [3.05, 3.63) is 194 Å². The van der Waals surface area contributed by atoms with Gasteiger partial charge in [0.25, 0.3) is 0 Å². The zero-order valence-electron chi connectivity index (χ0n) is 30.7. The topological polar surface area (TPSA) is 35.6 Å². The van der Waals surface area contributed by atoms with Gasteiger partial charge in [-0.2, -0.15) is 0 Å². The van der Waals surface area contributed by atoms with Gasteiger partial charge in [0.2, 0.25) is 0 Å². The second kappa shape index (κ2) is 12.6. The van der Waals surface area contributed by atoms with Crippen LogP contribution in [0.5, 0.6) is 0 Å². The molecule has 5 heteroatoms. The third-order valence-corrected chi connectivity index (χ3v) is 12.6. The molecule has 0 amide bonds. The maximum Gasteiger partial charge on any atom is 0.160 e. The molecule has 4 aromatic heterocycles. The van der Waals surface area contributed by atoms with Gasteiger partial charge in [-0.15, -0.1) is 11.3 Å². The highest BCUT2D eigenvalue weighted by atomic mass is 32.1. The first-order valence-electron chi connectivity index (χ1n) is 19.3. The molecule has 0 fully saturated rings. The van der Waals surface area contributed by atoms with Gasteiger partial charge in [0.05, 0.1) is 43.8 Å². The number of hydrogen-bond donors (Lipinski definition) is 0. The normalized spacial score (nSPS) is 11.9. The molecule has 0 unspecified atom stereocenters. The van der Waals surface area contributed by atoms with E-state index in [2.05, 4.69) is 191 Å². The zero-order chi connectivity index (χ0) is 37.5. The summed E-state index contributed by atoms with van der Waals surface area (Å²) in [6.45, 7) is 0. The van der Waals surface area contributed by atoms with E-state index in [0.717, 1.165) is 33.8 Å². The summed E-state index contributed by atoms with van der Waals surface area (Å²) in [5, 5.41) is 7.51. The molecule has 57 heavy (non-hydrogen) atoms. The molecule has 0 aliphatic heterocycles. The summed E-state index contributed by atoms with van der Waals surface area (Å²) in [5.41, 5.74) is 11.9. The third kappa shape index (κ3) is 4.93. The number of fused-ring (bicyclic) bond motifs is 10. The van der Waals surface area contributed by atoms with Gasteiger partial charge < -0.3 is 9.13 Å². The van der Waals surface area contributed by atoms with Crippen LogP contribution in [0.3, 0.4) is 0 Å². The van der Waals surface area contributed by atoms with E-state index in [1.807, 2.05) is 23.5 Å². The van der Waals surface area contributed by atoms with Crippen molar-refractivity contribution in [1.82, 2.24) is 19.1 Å². The summed E-state index contributed by atoms with van der Waals surface area (Å²) in [4.78, 5) is 10.2. The van der Waals surface area contributed by atoms with E-state index in [-0.39, 0.29) is 0 Å². The Kier molecular flexibility index (Phi) is 7.06. The van der Waals surface area contributed by atoms with Crippen molar-refractivity contribution >= 4 is 75.1 Å². The van der Waals surface area contributed by atoms with Gasteiger partial charge in [0.15, 0.2) is 5.82 Å². The average Bonchev–Trinajstić information content (AvgIpc) is 3.95. The third-order valence-electron chi connectivity index (χ3n) is 11.3. The maximum absolute atomic E-state index is 5.12. The lowest BCUT2D eigenvalue weighted by atomic mass is 10.1. The molecule has 4 nitrogen and oxygen atoms in total. The summed E-state index contributed by atoms with van der Waals surface area (Å²) in [6.07, 6.45) is 0. The van der Waals surface area contributed by atoms with Crippen LogP contribution in [0, 0.1) is 0 Å². The van der Waals surface area contributed by atoms with Crippen LogP contribution in [0.4, 0.5) is 0 Å². The van der Waals surface area contributed by atoms with Crippen LogP contribution < -0.4 is 0 Å². The minimum Gasteiger partial charge on any atom is -0.307 e. The lowest BCUT2D eigenvalue weighted by molar-refractivity contribution is 1.15. The van der Waals surface area contributed by atoms with Crippen molar-refractivity contribution in [3.63, 3.8) is 0 Å². The van der Waals surface area contributed by atoms with Crippen LogP contribution in [0.2, 0.25) is 0 Å². The Morgan fingerprint density at radius 3 is 1.54 bits per heavy atom. The van der Waals surface area contributed by atoms with Crippen molar-refractivity contribution < 1.29 is 0 Å². The minimum atomic E-state index is 0.697. The number of nitrogens with zero attached hydrogens (tertiary/aromatic N) is 4. The molecule has 12 aromatic rings. The molecule has 0 atom stereocenters. The summed E-state index contributed by atoms with van der Waals surface area (Å²) in [5.74, 6) is 0.697. The fraction of sp³-hybridized carbons (Fsp3) is 0. The SMILES string of the molecule is c1ccc(-c2cc(-c3ccccc3)nc(-c3ccc(-n4c5ccccc5c5ccc6c7ccccc7n(-c7cccc8c7sc7ccccc78)c6c54)cc3)n2)cc1. The largest absolute Gasteiger partial charge is 0.307 e. The Morgan fingerprint density at radius 2 is 0.895 bits per heavy atom. The van der Waals surface area contributed by atoms with Crippen molar-refractivity contribution in [1.29, 1.82) is 0 Å². The van der Waals surface area contributed by atoms with Gasteiger partial charge in [-0.25, -0.2) is 9.97 Å². The molecule has 0 aliphatic rings. The van der Waals surface area contributed by atoms with Crippen LogP contribution in [-0.4, -0.2) is 19.1 Å². The number of aromatic nitrogens is 4. The maximum atomic E-state index is 5.12. The highest BCUT2D eigenvalue weighted by Crippen LogP contribution is 2.45. The Morgan fingerprint density at radius 1 is 0.368 bits per heavy atom. The number of thiophene rings is 1. The van der Waals surface area contributed by atoms with Gasteiger partial charge in [0, 0.05) is 59.4 Å². The fourth-order valence-electron chi connectivity index (χ4n) is 8.78. The predicted molar refractivity (Wildman–Crippen MR) is 240 cm³/mol. The van der Waals surface area contributed by atoms with Crippen molar-refractivity contribution in [2.24, 2.45) is 0 Å². The monoisotopic (exact) mass is 744 g/mol. The molecule has 0 bridgehead atoms. The van der Waals surface area contributed by atoms with Crippen LogP contribution in [0.1, 0.15) is 0 Å². The number of hydrogen-bond acceptors (Lipinski definition) is 3. The molecule has 0 saturated carbocycles. The van der Waals surface area contributed by atoms with Crippen molar-refractivity contribution in [2.45, 2.75) is 0 Å². The Hall–Kier alpha value is -7.34. The summed E-state index contributed by atoms with van der Waals surface area (Å²) >= 11 is 1.87. The van der Waals surface area contributed by atoms with Crippen LogP contribution in [-0.2, 0) is 0 Å². The van der Waals surface area contributed by atoms with E-state index in [4.69, 9.17) is 9.97 Å². The smallest absolute Gasteiger partial charge is 0.160 e. The van der Waals surface area contributed by atoms with Gasteiger partial charge in [-0.3, -0.25) is 0 Å². The predicted octanol–water partition coefficient (Wildman–Crippen LogP) is 14.0. The first-order chi connectivity index (χ1) is 28.3. The quantitative estimate of drug-likeness (QED) is 0.176. The van der Waals surface area contributed by atoms with E-state index < -0.39 is 0 Å². The highest BCUT2D eigenvalue weighted by molar-refractivity contribution is 7.26. The molecule has 0 N–H and O–H groups in total. The summed E-state index contributed by atoms with van der Waals surface area (Å²) in [6, 6.07) is 69.4. The Labute approximate surface area is 332 Å². The summed E-state index contributed by atoms with van der Waals surface area (Å²) < 4.78 is 7.56. The number of rotatable bonds is 5. The van der Waals surface area contributed by atoms with E-state index in [1.165, 1.54) is 69.5 Å². The van der Waals surface area contributed by atoms with Gasteiger partial charge in [-0.1, -0.05) is 140 Å². The highest BCUT2D eigenvalue weighted by Gasteiger charge is 2.23.